The molecule has 1 aliphatic rings. The van der Waals surface area contributed by atoms with E-state index in [2.05, 4.69) is 16.3 Å². The van der Waals surface area contributed by atoms with Crippen LogP contribution in [0.5, 0.6) is 5.75 Å². The standard InChI is InChI=1S/C18H18Cl2N2O2/c1-24-14-6-5-12-7-8-22(10-13(12)9-14)11-17(23)21-16-4-2-3-15(19)18(16)20/h2-6,9H,7-8,10-11H2,1H3,(H,21,23). The summed E-state index contributed by atoms with van der Waals surface area (Å²) in [7, 11) is 1.66. The normalized spacial score (nSPS) is 14.1. The Morgan fingerprint density at radius 3 is 2.88 bits per heavy atom. The van der Waals surface area contributed by atoms with Crippen molar-refractivity contribution in [3.8, 4) is 5.75 Å². The minimum Gasteiger partial charge on any atom is -0.497 e. The highest BCUT2D eigenvalue weighted by Crippen LogP contribution is 2.29. The molecule has 0 unspecified atom stereocenters. The van der Waals surface area contributed by atoms with E-state index >= 15 is 0 Å². The minimum absolute atomic E-state index is 0.106. The van der Waals surface area contributed by atoms with Crippen molar-refractivity contribution >= 4 is 34.8 Å². The fourth-order valence-electron chi connectivity index (χ4n) is 2.85. The first-order valence-electron chi connectivity index (χ1n) is 7.69. The molecule has 2 aromatic carbocycles. The molecule has 0 saturated carbocycles. The lowest BCUT2D eigenvalue weighted by Gasteiger charge is -2.28. The van der Waals surface area contributed by atoms with E-state index in [9.17, 15) is 4.79 Å². The van der Waals surface area contributed by atoms with Gasteiger partial charge in [-0.25, -0.2) is 0 Å². The zero-order valence-electron chi connectivity index (χ0n) is 13.3. The molecule has 0 radical (unpaired) electrons. The highest BCUT2D eigenvalue weighted by molar-refractivity contribution is 6.43. The van der Waals surface area contributed by atoms with E-state index < -0.39 is 0 Å². The Bertz CT molecular complexity index is 765. The maximum absolute atomic E-state index is 12.3. The molecular weight excluding hydrogens is 347 g/mol. The molecule has 1 N–H and O–H groups in total. The zero-order valence-corrected chi connectivity index (χ0v) is 14.8. The number of methoxy groups -OCH3 is 1. The first kappa shape index (κ1) is 17.1. The van der Waals surface area contributed by atoms with E-state index in [0.29, 0.717) is 22.3 Å². The lowest BCUT2D eigenvalue weighted by atomic mass is 9.99. The van der Waals surface area contributed by atoms with Gasteiger partial charge in [-0.15, -0.1) is 0 Å². The number of halogens is 2. The van der Waals surface area contributed by atoms with Gasteiger partial charge in [0.05, 0.1) is 29.4 Å². The molecule has 4 nitrogen and oxygen atoms in total. The summed E-state index contributed by atoms with van der Waals surface area (Å²) in [6, 6.07) is 11.3. The minimum atomic E-state index is -0.106. The summed E-state index contributed by atoms with van der Waals surface area (Å²) < 4.78 is 5.28. The molecule has 126 valence electrons. The molecule has 24 heavy (non-hydrogen) atoms. The Hall–Kier alpha value is -1.75. The monoisotopic (exact) mass is 364 g/mol. The maximum atomic E-state index is 12.3. The van der Waals surface area contributed by atoms with Crippen molar-refractivity contribution in [3.05, 3.63) is 57.6 Å². The van der Waals surface area contributed by atoms with Crippen LogP contribution < -0.4 is 10.1 Å². The quantitative estimate of drug-likeness (QED) is 0.891. The van der Waals surface area contributed by atoms with Gasteiger partial charge in [0.15, 0.2) is 0 Å². The fourth-order valence-corrected chi connectivity index (χ4v) is 3.19. The second-order valence-electron chi connectivity index (χ2n) is 5.74. The Labute approximate surface area is 151 Å². The number of hydrogen-bond acceptors (Lipinski definition) is 3. The van der Waals surface area contributed by atoms with Gasteiger partial charge >= 0.3 is 0 Å². The van der Waals surface area contributed by atoms with Crippen molar-refractivity contribution in [1.82, 2.24) is 4.90 Å². The topological polar surface area (TPSA) is 41.6 Å². The van der Waals surface area contributed by atoms with Gasteiger partial charge in [0.2, 0.25) is 5.91 Å². The van der Waals surface area contributed by atoms with Crippen LogP contribution in [-0.4, -0.2) is 31.0 Å². The number of amides is 1. The number of ether oxygens (including phenoxy) is 1. The Morgan fingerprint density at radius 1 is 1.25 bits per heavy atom. The second kappa shape index (κ2) is 7.43. The van der Waals surface area contributed by atoms with Gasteiger partial charge in [-0.05, 0) is 41.8 Å². The summed E-state index contributed by atoms with van der Waals surface area (Å²) in [6.07, 6.45) is 0.921. The zero-order chi connectivity index (χ0) is 17.1. The van der Waals surface area contributed by atoms with Gasteiger partial charge < -0.3 is 10.1 Å². The maximum Gasteiger partial charge on any atom is 0.238 e. The Balaban J connectivity index is 1.64. The summed E-state index contributed by atoms with van der Waals surface area (Å²) in [4.78, 5) is 14.4. The van der Waals surface area contributed by atoms with E-state index in [4.69, 9.17) is 27.9 Å². The van der Waals surface area contributed by atoms with Crippen LogP contribution in [0.25, 0.3) is 0 Å². The molecule has 1 heterocycles. The van der Waals surface area contributed by atoms with Crippen molar-refractivity contribution in [3.63, 3.8) is 0 Å². The Kier molecular flexibility index (Phi) is 5.29. The highest BCUT2D eigenvalue weighted by Gasteiger charge is 2.19. The molecule has 0 atom stereocenters. The molecule has 1 amide bonds. The molecule has 3 rings (SSSR count). The molecule has 0 saturated heterocycles. The lowest BCUT2D eigenvalue weighted by molar-refractivity contribution is -0.117. The van der Waals surface area contributed by atoms with Crippen LogP contribution in [0.2, 0.25) is 10.0 Å². The summed E-state index contributed by atoms with van der Waals surface area (Å²) in [5, 5.41) is 3.61. The third-order valence-corrected chi connectivity index (χ3v) is 4.92. The van der Waals surface area contributed by atoms with E-state index in [1.54, 1.807) is 25.3 Å². The average molecular weight is 365 g/mol. The van der Waals surface area contributed by atoms with Crippen LogP contribution in [-0.2, 0) is 17.8 Å². The van der Waals surface area contributed by atoms with Crippen LogP contribution >= 0.6 is 23.2 Å². The summed E-state index contributed by atoms with van der Waals surface area (Å²) in [5.74, 6) is 0.733. The van der Waals surface area contributed by atoms with E-state index in [-0.39, 0.29) is 5.91 Å². The molecular formula is C18H18Cl2N2O2. The van der Waals surface area contributed by atoms with Crippen LogP contribution in [0, 0.1) is 0 Å². The van der Waals surface area contributed by atoms with Gasteiger partial charge in [0.1, 0.15) is 5.75 Å². The lowest BCUT2D eigenvalue weighted by Crippen LogP contribution is -2.37. The van der Waals surface area contributed by atoms with Crippen LogP contribution in [0.4, 0.5) is 5.69 Å². The molecule has 0 aliphatic carbocycles. The predicted octanol–water partition coefficient (Wildman–Crippen LogP) is 4.00. The number of carbonyl (C=O) groups is 1. The number of nitrogens with one attached hydrogen (secondary N) is 1. The number of rotatable bonds is 4. The molecule has 2 aromatic rings. The Morgan fingerprint density at radius 2 is 2.08 bits per heavy atom. The molecule has 0 spiro atoms. The van der Waals surface area contributed by atoms with Gasteiger partial charge in [0.25, 0.3) is 0 Å². The van der Waals surface area contributed by atoms with Crippen molar-refractivity contribution < 1.29 is 9.53 Å². The molecule has 1 aliphatic heterocycles. The summed E-state index contributed by atoms with van der Waals surface area (Å²) in [6.45, 7) is 1.87. The van der Waals surface area contributed by atoms with Gasteiger partial charge in [-0.1, -0.05) is 35.3 Å². The van der Waals surface area contributed by atoms with Crippen LogP contribution in [0.1, 0.15) is 11.1 Å². The fraction of sp³-hybridized carbons (Fsp3) is 0.278. The van der Waals surface area contributed by atoms with Gasteiger partial charge in [-0.2, -0.15) is 0 Å². The van der Waals surface area contributed by atoms with E-state index in [1.165, 1.54) is 11.1 Å². The highest BCUT2D eigenvalue weighted by atomic mass is 35.5. The third-order valence-electron chi connectivity index (χ3n) is 4.10. The first-order valence-corrected chi connectivity index (χ1v) is 8.44. The van der Waals surface area contributed by atoms with Crippen molar-refractivity contribution in [2.45, 2.75) is 13.0 Å². The van der Waals surface area contributed by atoms with Crippen LogP contribution in [0.15, 0.2) is 36.4 Å². The van der Waals surface area contributed by atoms with Crippen molar-refractivity contribution in [1.29, 1.82) is 0 Å². The number of carbonyl (C=O) groups excluding carboxylic acids is 1. The largest absolute Gasteiger partial charge is 0.497 e. The van der Waals surface area contributed by atoms with E-state index in [0.717, 1.165) is 25.3 Å². The molecule has 0 fully saturated rings. The molecule has 6 heteroatoms. The number of hydrogen-bond donors (Lipinski definition) is 1. The first-order chi connectivity index (χ1) is 11.6. The second-order valence-corrected chi connectivity index (χ2v) is 6.53. The summed E-state index contributed by atoms with van der Waals surface area (Å²) >= 11 is 12.1. The number of fused-ring (bicyclic) bond motifs is 1. The third kappa shape index (κ3) is 3.83. The van der Waals surface area contributed by atoms with Crippen molar-refractivity contribution in [2.75, 3.05) is 25.5 Å². The number of nitrogens with zero attached hydrogens (tertiary/aromatic N) is 1. The smallest absolute Gasteiger partial charge is 0.238 e. The van der Waals surface area contributed by atoms with E-state index in [1.807, 2.05) is 12.1 Å². The predicted molar refractivity (Wildman–Crippen MR) is 97.1 cm³/mol. The SMILES string of the molecule is COc1ccc2c(c1)CN(CC(=O)Nc1cccc(Cl)c1Cl)CC2. The number of benzene rings is 2. The van der Waals surface area contributed by atoms with Gasteiger partial charge in [-0.3, -0.25) is 9.69 Å². The van der Waals surface area contributed by atoms with Crippen molar-refractivity contribution in [2.24, 2.45) is 0 Å². The molecule has 0 bridgehead atoms. The average Bonchev–Trinajstić information content (AvgIpc) is 2.58. The number of anilines is 1. The van der Waals surface area contributed by atoms with Crippen LogP contribution in [0.3, 0.4) is 0 Å². The molecule has 0 aromatic heterocycles. The summed E-state index contributed by atoms with van der Waals surface area (Å²) in [5.41, 5.74) is 3.05. The van der Waals surface area contributed by atoms with Gasteiger partial charge in [0, 0.05) is 13.1 Å².